The number of carbonyl (C=O) groups is 1. The highest BCUT2D eigenvalue weighted by Gasteiger charge is 2.10. The van der Waals surface area contributed by atoms with Gasteiger partial charge in [-0.1, -0.05) is 18.2 Å². The molecule has 30 heavy (non-hydrogen) atoms. The van der Waals surface area contributed by atoms with Gasteiger partial charge >= 0.3 is 0 Å². The fourth-order valence-electron chi connectivity index (χ4n) is 3.26. The predicted octanol–water partition coefficient (Wildman–Crippen LogP) is 2.22. The predicted molar refractivity (Wildman–Crippen MR) is 116 cm³/mol. The third kappa shape index (κ3) is 5.68. The van der Waals surface area contributed by atoms with Crippen molar-refractivity contribution < 1.29 is 14.6 Å². The van der Waals surface area contributed by atoms with Crippen LogP contribution >= 0.6 is 0 Å². The second-order valence-corrected chi connectivity index (χ2v) is 7.26. The average molecular weight is 409 g/mol. The van der Waals surface area contributed by atoms with Gasteiger partial charge in [-0.3, -0.25) is 4.79 Å². The van der Waals surface area contributed by atoms with E-state index in [-0.39, 0.29) is 12.3 Å². The van der Waals surface area contributed by atoms with E-state index in [1.165, 1.54) is 0 Å². The van der Waals surface area contributed by atoms with Crippen LogP contribution < -0.4 is 15.8 Å². The van der Waals surface area contributed by atoms with Crippen molar-refractivity contribution in [2.24, 2.45) is 5.73 Å². The minimum absolute atomic E-state index is 0.222. The Hall–Kier alpha value is -3.16. The second kappa shape index (κ2) is 10.0. The largest absolute Gasteiger partial charge is 0.492 e. The average Bonchev–Trinajstić information content (AvgIpc) is 3.06. The van der Waals surface area contributed by atoms with E-state index in [1.54, 1.807) is 6.20 Å². The first-order chi connectivity index (χ1) is 14.4. The second-order valence-electron chi connectivity index (χ2n) is 7.26. The topological polar surface area (TPSA) is 102 Å². The highest BCUT2D eigenvalue weighted by Crippen LogP contribution is 2.17. The molecule has 3 rings (SSSR count). The number of aliphatic hydroxyl groups excluding tert-OH is 1. The number of benzene rings is 1. The molecule has 0 bridgehead atoms. The fourth-order valence-corrected chi connectivity index (χ4v) is 3.26. The van der Waals surface area contributed by atoms with Crippen LogP contribution in [-0.2, 0) is 11.2 Å². The number of nitrogens with two attached hydrogens (primary N) is 1. The van der Waals surface area contributed by atoms with Gasteiger partial charge in [0.1, 0.15) is 18.2 Å². The Balaban J connectivity index is 1.41. The van der Waals surface area contributed by atoms with Gasteiger partial charge in [0.2, 0.25) is 5.91 Å². The lowest BCUT2D eigenvalue weighted by atomic mass is 10.1. The van der Waals surface area contributed by atoms with Gasteiger partial charge in [0, 0.05) is 36.2 Å². The summed E-state index contributed by atoms with van der Waals surface area (Å²) in [4.78, 5) is 15.4. The summed E-state index contributed by atoms with van der Waals surface area (Å²) in [6.07, 6.45) is 1.29. The van der Waals surface area contributed by atoms with Crippen LogP contribution in [0.2, 0.25) is 0 Å². The molecule has 0 aliphatic carbocycles. The molecule has 7 nitrogen and oxygen atoms in total. The van der Waals surface area contributed by atoms with Crippen LogP contribution in [0.5, 0.6) is 5.75 Å². The molecule has 1 aromatic carbocycles. The third-order valence-electron chi connectivity index (χ3n) is 4.84. The lowest BCUT2D eigenvalue weighted by Crippen LogP contribution is -2.26. The molecule has 3 aromatic rings. The molecule has 0 aliphatic heterocycles. The summed E-state index contributed by atoms with van der Waals surface area (Å²) in [5.41, 5.74) is 9.05. The number of aryl methyl sites for hydroxylation is 2. The maximum absolute atomic E-state index is 10.9. The molecule has 2 aromatic heterocycles. The van der Waals surface area contributed by atoms with Crippen LogP contribution in [0, 0.1) is 13.8 Å². The lowest BCUT2D eigenvalue weighted by Gasteiger charge is -2.14. The SMILES string of the molecule is Cc1ccc(C)n1-c1ccc([C@H](O)CNCCOc2ccc(CC(N)=O)cc2)cn1. The number of aliphatic hydroxyl groups is 1. The standard InChI is InChI=1S/C23H28N4O3/c1-16-3-4-17(2)27(16)23-10-7-19(14-26-23)21(28)15-25-11-12-30-20-8-5-18(6-9-20)13-22(24)29/h3-10,14,21,25,28H,11-13,15H2,1-2H3,(H2,24,29)/t21-/m1/s1. The molecule has 158 valence electrons. The van der Waals surface area contributed by atoms with Crippen LogP contribution in [-0.4, -0.2) is 40.3 Å². The van der Waals surface area contributed by atoms with E-state index < -0.39 is 6.10 Å². The fraction of sp³-hybridized carbons (Fsp3) is 0.304. The van der Waals surface area contributed by atoms with Crippen LogP contribution in [0.1, 0.15) is 28.6 Å². The highest BCUT2D eigenvalue weighted by atomic mass is 16.5. The van der Waals surface area contributed by atoms with Crippen molar-refractivity contribution in [1.29, 1.82) is 0 Å². The monoisotopic (exact) mass is 408 g/mol. The quantitative estimate of drug-likeness (QED) is 0.447. The Morgan fingerprint density at radius 2 is 1.83 bits per heavy atom. The van der Waals surface area contributed by atoms with Crippen molar-refractivity contribution in [2.75, 3.05) is 19.7 Å². The van der Waals surface area contributed by atoms with Crippen LogP contribution in [0.4, 0.5) is 0 Å². The van der Waals surface area contributed by atoms with Gasteiger partial charge < -0.3 is 25.5 Å². The molecule has 0 unspecified atom stereocenters. The van der Waals surface area contributed by atoms with Gasteiger partial charge in [-0.05, 0) is 49.7 Å². The first-order valence-electron chi connectivity index (χ1n) is 9.94. The number of carbonyl (C=O) groups excluding carboxylic acids is 1. The molecule has 7 heteroatoms. The van der Waals surface area contributed by atoms with Gasteiger partial charge in [0.05, 0.1) is 12.5 Å². The van der Waals surface area contributed by atoms with Gasteiger partial charge in [-0.2, -0.15) is 0 Å². The normalized spacial score (nSPS) is 12.0. The van der Waals surface area contributed by atoms with Crippen molar-refractivity contribution in [2.45, 2.75) is 26.4 Å². The maximum atomic E-state index is 10.9. The molecule has 0 radical (unpaired) electrons. The molecule has 0 fully saturated rings. The summed E-state index contributed by atoms with van der Waals surface area (Å²) in [6.45, 7) is 5.54. The Morgan fingerprint density at radius 1 is 1.13 bits per heavy atom. The molecule has 0 saturated carbocycles. The molecule has 1 amide bonds. The van der Waals surface area contributed by atoms with Crippen molar-refractivity contribution in [3.63, 3.8) is 0 Å². The third-order valence-corrected chi connectivity index (χ3v) is 4.84. The van der Waals surface area contributed by atoms with Crippen LogP contribution in [0.15, 0.2) is 54.7 Å². The Labute approximate surface area is 176 Å². The minimum Gasteiger partial charge on any atom is -0.492 e. The number of ether oxygens (including phenoxy) is 1. The number of hydrogen-bond acceptors (Lipinski definition) is 5. The number of rotatable bonds is 10. The molecule has 4 N–H and O–H groups in total. The molecular weight excluding hydrogens is 380 g/mol. The summed E-state index contributed by atoms with van der Waals surface area (Å²) in [7, 11) is 0. The van der Waals surface area contributed by atoms with Gasteiger partial charge in [-0.25, -0.2) is 4.98 Å². The van der Waals surface area contributed by atoms with Crippen molar-refractivity contribution >= 4 is 5.91 Å². The summed E-state index contributed by atoms with van der Waals surface area (Å²) in [5, 5.41) is 13.6. The van der Waals surface area contributed by atoms with Crippen molar-refractivity contribution in [3.05, 3.63) is 77.2 Å². The number of primary amides is 1. The number of pyridine rings is 1. The summed E-state index contributed by atoms with van der Waals surface area (Å²) in [6, 6.07) is 15.2. The smallest absolute Gasteiger partial charge is 0.221 e. The van der Waals surface area contributed by atoms with Crippen molar-refractivity contribution in [1.82, 2.24) is 14.9 Å². The highest BCUT2D eigenvalue weighted by molar-refractivity contribution is 5.76. The minimum atomic E-state index is -0.647. The number of aromatic nitrogens is 2. The van der Waals surface area contributed by atoms with E-state index in [2.05, 4.69) is 27.0 Å². The Kier molecular flexibility index (Phi) is 7.21. The number of nitrogens with zero attached hydrogens (tertiary/aromatic N) is 2. The zero-order chi connectivity index (χ0) is 21.5. The van der Waals surface area contributed by atoms with Gasteiger partial charge in [0.25, 0.3) is 0 Å². The number of amides is 1. The maximum Gasteiger partial charge on any atom is 0.221 e. The summed E-state index contributed by atoms with van der Waals surface area (Å²) in [5.74, 6) is 1.21. The Morgan fingerprint density at radius 3 is 2.43 bits per heavy atom. The first kappa shape index (κ1) is 21.5. The van der Waals surface area contributed by atoms with E-state index in [1.807, 2.05) is 50.2 Å². The molecular formula is C23H28N4O3. The number of nitrogens with one attached hydrogen (secondary N) is 1. The molecule has 2 heterocycles. The van der Waals surface area contributed by atoms with E-state index in [4.69, 9.17) is 10.5 Å². The lowest BCUT2D eigenvalue weighted by molar-refractivity contribution is -0.117. The number of hydrogen-bond donors (Lipinski definition) is 3. The van der Waals surface area contributed by atoms with E-state index in [9.17, 15) is 9.90 Å². The summed E-state index contributed by atoms with van der Waals surface area (Å²) >= 11 is 0. The molecule has 1 atom stereocenters. The first-order valence-corrected chi connectivity index (χ1v) is 9.94. The van der Waals surface area contributed by atoms with Crippen LogP contribution in [0.3, 0.4) is 0 Å². The van der Waals surface area contributed by atoms with E-state index in [0.29, 0.717) is 19.7 Å². The zero-order valence-corrected chi connectivity index (χ0v) is 17.3. The Bertz CT molecular complexity index is 946. The molecule has 0 saturated heterocycles. The van der Waals surface area contributed by atoms with E-state index in [0.717, 1.165) is 34.1 Å². The summed E-state index contributed by atoms with van der Waals surface area (Å²) < 4.78 is 7.73. The van der Waals surface area contributed by atoms with Crippen LogP contribution in [0.25, 0.3) is 5.82 Å². The molecule has 0 spiro atoms. The van der Waals surface area contributed by atoms with E-state index >= 15 is 0 Å². The van der Waals surface area contributed by atoms with Gasteiger partial charge in [0.15, 0.2) is 0 Å². The van der Waals surface area contributed by atoms with Crippen molar-refractivity contribution in [3.8, 4) is 11.6 Å². The van der Waals surface area contributed by atoms with Gasteiger partial charge in [-0.15, -0.1) is 0 Å². The molecule has 0 aliphatic rings. The zero-order valence-electron chi connectivity index (χ0n) is 17.3.